The Morgan fingerprint density at radius 3 is 2.77 bits per heavy atom. The maximum Gasteiger partial charge on any atom is 0.269 e. The molecule has 0 spiro atoms. The molecule has 1 aliphatic heterocycles. The molecule has 1 fully saturated rings. The molecule has 0 saturated carbocycles. The van der Waals surface area contributed by atoms with E-state index in [9.17, 15) is 8.78 Å². The van der Waals surface area contributed by atoms with Gasteiger partial charge < -0.3 is 14.6 Å². The van der Waals surface area contributed by atoms with Gasteiger partial charge in [0.15, 0.2) is 0 Å². The van der Waals surface area contributed by atoms with E-state index in [0.29, 0.717) is 13.2 Å². The first-order valence-corrected chi connectivity index (χ1v) is 8.60. The fraction of sp³-hybridized carbons (Fsp3) is 0.421. The summed E-state index contributed by atoms with van der Waals surface area (Å²) in [5.41, 5.74) is 0.676. The van der Waals surface area contributed by atoms with E-state index in [1.807, 2.05) is 24.3 Å². The molecule has 2 heterocycles. The lowest BCUT2D eigenvalue weighted by atomic mass is 10.2. The van der Waals surface area contributed by atoms with Crippen LogP contribution in [-0.4, -0.2) is 47.3 Å². The van der Waals surface area contributed by atoms with Crippen molar-refractivity contribution in [1.82, 2.24) is 9.88 Å². The number of hydrogen-bond donors (Lipinski definition) is 1. The molecule has 1 saturated heterocycles. The molecule has 0 bridgehead atoms. The highest BCUT2D eigenvalue weighted by atomic mass is 19.3. The van der Waals surface area contributed by atoms with Crippen molar-refractivity contribution in [2.45, 2.75) is 25.6 Å². The second kappa shape index (κ2) is 8.91. The Labute approximate surface area is 151 Å². The fourth-order valence-corrected chi connectivity index (χ4v) is 2.91. The van der Waals surface area contributed by atoms with Gasteiger partial charge in [0, 0.05) is 25.8 Å². The Morgan fingerprint density at radius 1 is 1.23 bits per heavy atom. The van der Waals surface area contributed by atoms with Crippen LogP contribution in [0.1, 0.15) is 24.0 Å². The molecular weight excluding hydrogens is 342 g/mol. The van der Waals surface area contributed by atoms with Crippen LogP contribution in [0.5, 0.6) is 11.6 Å². The zero-order chi connectivity index (χ0) is 18.4. The van der Waals surface area contributed by atoms with Crippen LogP contribution in [0.3, 0.4) is 0 Å². The van der Waals surface area contributed by atoms with Crippen LogP contribution in [-0.2, 0) is 6.61 Å². The smallest absolute Gasteiger partial charge is 0.269 e. The molecule has 140 valence electrons. The summed E-state index contributed by atoms with van der Waals surface area (Å²) in [7, 11) is 0. The highest BCUT2D eigenvalue weighted by Gasteiger charge is 2.26. The van der Waals surface area contributed by atoms with Crippen molar-refractivity contribution < 1.29 is 23.4 Å². The zero-order valence-electron chi connectivity index (χ0n) is 14.4. The third kappa shape index (κ3) is 4.89. The van der Waals surface area contributed by atoms with E-state index in [1.54, 1.807) is 0 Å². The average molecular weight is 364 g/mol. The van der Waals surface area contributed by atoms with E-state index < -0.39 is 6.43 Å². The van der Waals surface area contributed by atoms with Gasteiger partial charge in [-0.25, -0.2) is 13.8 Å². The van der Waals surface area contributed by atoms with Crippen molar-refractivity contribution in [3.8, 4) is 11.6 Å². The van der Waals surface area contributed by atoms with Crippen LogP contribution in [0.2, 0.25) is 0 Å². The summed E-state index contributed by atoms with van der Waals surface area (Å²) >= 11 is 0. The number of ether oxygens (including phenoxy) is 2. The lowest BCUT2D eigenvalue weighted by Gasteiger charge is -2.18. The van der Waals surface area contributed by atoms with Crippen molar-refractivity contribution in [3.05, 3.63) is 53.7 Å². The average Bonchev–Trinajstić information content (AvgIpc) is 3.10. The summed E-state index contributed by atoms with van der Waals surface area (Å²) in [6, 6.07) is 10.1. The summed E-state index contributed by atoms with van der Waals surface area (Å²) < 4.78 is 37.4. The number of aliphatic hydroxyl groups is 1. The summed E-state index contributed by atoms with van der Waals surface area (Å²) in [5, 5.41) is 9.02. The molecule has 1 aromatic carbocycles. The third-order valence-electron chi connectivity index (χ3n) is 4.33. The molecule has 1 aliphatic rings. The maximum atomic E-state index is 13.0. The number of likely N-dealkylation sites (tertiary alicyclic amines) is 1. The molecule has 0 aliphatic carbocycles. The minimum absolute atomic E-state index is 0.0129. The number of aliphatic hydroxyl groups excluding tert-OH is 1. The summed E-state index contributed by atoms with van der Waals surface area (Å²) in [6.07, 6.45) is -0.512. The Hall–Kier alpha value is -2.25. The highest BCUT2D eigenvalue weighted by Crippen LogP contribution is 2.28. The van der Waals surface area contributed by atoms with E-state index in [4.69, 9.17) is 14.6 Å². The maximum absolute atomic E-state index is 13.0. The number of hydrogen-bond acceptors (Lipinski definition) is 5. The summed E-state index contributed by atoms with van der Waals surface area (Å²) in [6.45, 7) is 2.75. The molecule has 5 nitrogen and oxygen atoms in total. The topological polar surface area (TPSA) is 54.8 Å². The minimum atomic E-state index is -2.60. The number of benzene rings is 1. The van der Waals surface area contributed by atoms with Gasteiger partial charge in [0.05, 0.1) is 12.2 Å². The van der Waals surface area contributed by atoms with Gasteiger partial charge in [-0.2, -0.15) is 0 Å². The number of aromatic nitrogens is 1. The molecule has 26 heavy (non-hydrogen) atoms. The molecule has 1 unspecified atom stereocenters. The zero-order valence-corrected chi connectivity index (χ0v) is 14.4. The monoisotopic (exact) mass is 364 g/mol. The first-order chi connectivity index (χ1) is 12.7. The van der Waals surface area contributed by atoms with E-state index >= 15 is 0 Å². The second-order valence-corrected chi connectivity index (χ2v) is 6.18. The third-order valence-corrected chi connectivity index (χ3v) is 4.33. The molecule has 7 heteroatoms. The fourth-order valence-electron chi connectivity index (χ4n) is 2.91. The van der Waals surface area contributed by atoms with E-state index in [-0.39, 0.29) is 24.2 Å². The molecule has 0 amide bonds. The van der Waals surface area contributed by atoms with Crippen molar-refractivity contribution in [3.63, 3.8) is 0 Å². The van der Waals surface area contributed by atoms with E-state index in [0.717, 1.165) is 30.8 Å². The van der Waals surface area contributed by atoms with Gasteiger partial charge in [0.25, 0.3) is 6.43 Å². The molecule has 1 aromatic heterocycles. The first-order valence-electron chi connectivity index (χ1n) is 8.60. The highest BCUT2D eigenvalue weighted by molar-refractivity contribution is 5.27. The molecule has 2 aromatic rings. The molecule has 3 rings (SSSR count). The standard InChI is InChI=1S/C19H22F2N2O3/c20-18(21)17-2-1-8-22-19(17)26-16-7-9-23(12-16)10-11-25-15-5-3-14(13-24)4-6-15/h1-6,8,16,18,24H,7,9-13H2. The largest absolute Gasteiger partial charge is 0.492 e. The quantitative estimate of drug-likeness (QED) is 0.780. The molecular formula is C19H22F2N2O3. The second-order valence-electron chi connectivity index (χ2n) is 6.18. The van der Waals surface area contributed by atoms with E-state index in [2.05, 4.69) is 9.88 Å². The summed E-state index contributed by atoms with van der Waals surface area (Å²) in [4.78, 5) is 6.12. The predicted octanol–water partition coefficient (Wildman–Crippen LogP) is 3.04. The van der Waals surface area contributed by atoms with Crippen molar-refractivity contribution in [1.29, 1.82) is 0 Å². The predicted molar refractivity (Wildman–Crippen MR) is 92.5 cm³/mol. The van der Waals surface area contributed by atoms with Crippen LogP contribution in [0.4, 0.5) is 8.78 Å². The Bertz CT molecular complexity index is 697. The SMILES string of the molecule is OCc1ccc(OCCN2CCC(Oc3ncccc3C(F)F)C2)cc1. The number of rotatable bonds is 8. The van der Waals surface area contributed by atoms with Gasteiger partial charge in [-0.1, -0.05) is 12.1 Å². The van der Waals surface area contributed by atoms with Crippen LogP contribution >= 0.6 is 0 Å². The first kappa shape index (κ1) is 18.5. The van der Waals surface area contributed by atoms with Crippen molar-refractivity contribution in [2.24, 2.45) is 0 Å². The van der Waals surface area contributed by atoms with E-state index in [1.165, 1.54) is 18.3 Å². The number of pyridine rings is 1. The van der Waals surface area contributed by atoms with Crippen LogP contribution in [0.25, 0.3) is 0 Å². The molecule has 1 N–H and O–H groups in total. The van der Waals surface area contributed by atoms with Crippen molar-refractivity contribution >= 4 is 0 Å². The Balaban J connectivity index is 1.44. The number of nitrogens with zero attached hydrogens (tertiary/aromatic N) is 2. The van der Waals surface area contributed by atoms with Crippen LogP contribution in [0.15, 0.2) is 42.6 Å². The lowest BCUT2D eigenvalue weighted by molar-refractivity contribution is 0.133. The number of halogens is 2. The van der Waals surface area contributed by atoms with Gasteiger partial charge in [-0.3, -0.25) is 4.90 Å². The van der Waals surface area contributed by atoms with Gasteiger partial charge >= 0.3 is 0 Å². The van der Waals surface area contributed by atoms with Crippen LogP contribution in [0, 0.1) is 0 Å². The molecule has 0 radical (unpaired) electrons. The normalized spacial score (nSPS) is 17.6. The van der Waals surface area contributed by atoms with Gasteiger partial charge in [0.2, 0.25) is 5.88 Å². The van der Waals surface area contributed by atoms with Gasteiger partial charge in [-0.15, -0.1) is 0 Å². The summed E-state index contributed by atoms with van der Waals surface area (Å²) in [5.74, 6) is 0.777. The lowest BCUT2D eigenvalue weighted by Crippen LogP contribution is -2.29. The van der Waals surface area contributed by atoms with Gasteiger partial charge in [-0.05, 0) is 36.2 Å². The number of alkyl halides is 2. The Morgan fingerprint density at radius 2 is 2.04 bits per heavy atom. The molecule has 1 atom stereocenters. The van der Waals surface area contributed by atoms with Gasteiger partial charge in [0.1, 0.15) is 18.5 Å². The van der Waals surface area contributed by atoms with Crippen LogP contribution < -0.4 is 9.47 Å². The Kier molecular flexibility index (Phi) is 6.35. The van der Waals surface area contributed by atoms with Crippen molar-refractivity contribution in [2.75, 3.05) is 26.2 Å². The minimum Gasteiger partial charge on any atom is -0.492 e.